The molecule has 4 aromatic carbocycles. The maximum Gasteiger partial charge on any atom is 0.230 e. The molecule has 0 radical (unpaired) electrons. The second-order valence-corrected chi connectivity index (χ2v) is 20.4. The molecular weight excluding hydrogens is 892 g/mol. The van der Waals surface area contributed by atoms with Crippen LogP contribution in [0.4, 0.5) is 11.4 Å². The molecule has 2 heterocycles. The SMILES string of the molecule is C.CC(C)C(=O)Nc1cccc(C2CCN(CCCNC(=O)C(C)(C)c3ccc(Cl)cc3)CC2)c1.CCC(=O)Nc1cccc(C2CCN(CCCNC(=O)C(C)(C)c3ccc(Cl)cc3)CC2)c1. The number of rotatable bonds is 18. The standard InChI is InChI=1S/C28H38ClN3O2.C27H36ClN3O2.CH4/c1-20(2)26(33)31-25-8-5-7-22(19-25)21-13-17-32(18-14-21)16-6-15-30-27(34)28(3,4)23-9-11-24(29)12-10-23;1-4-25(32)30-24-8-5-7-21(19-24)20-13-17-31(18-14-20)16-6-15-29-26(33)27(2,3)22-9-11-23(28)12-10-22;/h5,7-12,19-21H,6,13-18H2,1-4H3,(H,30,34)(H,31,33);5,7-12,19-20H,4,6,13-18H2,1-3H3,(H,29,33)(H,30,32);1H4. The summed E-state index contributed by atoms with van der Waals surface area (Å²) in [6, 6.07) is 31.5. The molecule has 12 heteroatoms. The molecule has 2 fully saturated rings. The highest BCUT2D eigenvalue weighted by Crippen LogP contribution is 2.32. The van der Waals surface area contributed by atoms with Gasteiger partial charge in [-0.1, -0.05) is 99.9 Å². The normalized spacial score (nSPS) is 15.1. The van der Waals surface area contributed by atoms with Crippen molar-refractivity contribution in [2.24, 2.45) is 5.92 Å². The minimum atomic E-state index is -0.591. The lowest BCUT2D eigenvalue weighted by atomic mass is 9.84. The first kappa shape index (κ1) is 55.9. The number of anilines is 2. The number of halogens is 2. The van der Waals surface area contributed by atoms with Crippen LogP contribution >= 0.6 is 23.2 Å². The topological polar surface area (TPSA) is 123 Å². The van der Waals surface area contributed by atoms with E-state index in [0.29, 0.717) is 41.4 Å². The molecule has 0 spiro atoms. The number of hydrogen-bond donors (Lipinski definition) is 4. The molecule has 10 nitrogen and oxygen atoms in total. The molecule has 0 aliphatic carbocycles. The Bertz CT molecular complexity index is 2210. The second kappa shape index (κ2) is 26.9. The highest BCUT2D eigenvalue weighted by molar-refractivity contribution is 6.30. The van der Waals surface area contributed by atoms with E-state index >= 15 is 0 Å². The molecule has 0 atom stereocenters. The summed E-state index contributed by atoms with van der Waals surface area (Å²) in [5.41, 5.74) is 5.13. The van der Waals surface area contributed by atoms with E-state index in [1.165, 1.54) is 11.1 Å². The Kier molecular flexibility index (Phi) is 22.1. The predicted octanol–water partition coefficient (Wildman–Crippen LogP) is 11.6. The average molecular weight is 970 g/mol. The van der Waals surface area contributed by atoms with Crippen LogP contribution in [0.2, 0.25) is 10.0 Å². The molecule has 0 bridgehead atoms. The molecule has 2 aliphatic rings. The summed E-state index contributed by atoms with van der Waals surface area (Å²) in [5.74, 6) is 1.20. The van der Waals surface area contributed by atoms with Gasteiger partial charge in [0.15, 0.2) is 0 Å². The lowest BCUT2D eigenvalue weighted by molar-refractivity contribution is -0.126. The molecular formula is C56H78Cl2N6O4. The summed E-state index contributed by atoms with van der Waals surface area (Å²) in [6.07, 6.45) is 6.80. The van der Waals surface area contributed by atoms with Crippen molar-refractivity contribution in [1.82, 2.24) is 20.4 Å². The number of likely N-dealkylation sites (tertiary alicyclic amines) is 2. The minimum absolute atomic E-state index is 0. The summed E-state index contributed by atoms with van der Waals surface area (Å²) in [6.45, 7) is 21.0. The predicted molar refractivity (Wildman–Crippen MR) is 283 cm³/mol. The fraction of sp³-hybridized carbons (Fsp3) is 0.500. The van der Waals surface area contributed by atoms with Crippen LogP contribution in [0.5, 0.6) is 0 Å². The van der Waals surface area contributed by atoms with Crippen molar-refractivity contribution >= 4 is 58.2 Å². The van der Waals surface area contributed by atoms with Crippen molar-refractivity contribution in [1.29, 1.82) is 0 Å². The molecule has 4 amide bonds. The van der Waals surface area contributed by atoms with Crippen LogP contribution in [-0.4, -0.2) is 85.8 Å². The minimum Gasteiger partial charge on any atom is -0.355 e. The van der Waals surface area contributed by atoms with Gasteiger partial charge in [0.2, 0.25) is 23.6 Å². The second-order valence-electron chi connectivity index (χ2n) is 19.5. The molecule has 4 N–H and O–H groups in total. The van der Waals surface area contributed by atoms with Crippen LogP contribution in [-0.2, 0) is 30.0 Å². The van der Waals surface area contributed by atoms with Gasteiger partial charge in [-0.2, -0.15) is 0 Å². The fourth-order valence-electron chi connectivity index (χ4n) is 8.70. The van der Waals surface area contributed by atoms with Gasteiger partial charge in [-0.25, -0.2) is 0 Å². The lowest BCUT2D eigenvalue weighted by Crippen LogP contribution is -2.41. The van der Waals surface area contributed by atoms with Gasteiger partial charge >= 0.3 is 0 Å². The Labute approximate surface area is 417 Å². The first-order valence-electron chi connectivity index (χ1n) is 24.3. The number of nitrogens with one attached hydrogen (secondary N) is 4. The monoisotopic (exact) mass is 969 g/mol. The quantitative estimate of drug-likeness (QED) is 0.0737. The van der Waals surface area contributed by atoms with Crippen molar-refractivity contribution in [3.63, 3.8) is 0 Å². The Morgan fingerprint density at radius 2 is 0.985 bits per heavy atom. The average Bonchev–Trinajstić information content (AvgIpc) is 3.32. The number of piperidine rings is 2. The highest BCUT2D eigenvalue weighted by Gasteiger charge is 2.31. The molecule has 2 aliphatic heterocycles. The van der Waals surface area contributed by atoms with Crippen molar-refractivity contribution in [3.05, 3.63) is 129 Å². The highest BCUT2D eigenvalue weighted by atomic mass is 35.5. The van der Waals surface area contributed by atoms with Crippen LogP contribution < -0.4 is 21.3 Å². The smallest absolute Gasteiger partial charge is 0.230 e. The maximum absolute atomic E-state index is 12.7. The van der Waals surface area contributed by atoms with Crippen molar-refractivity contribution < 1.29 is 19.2 Å². The number of hydrogen-bond acceptors (Lipinski definition) is 6. The zero-order chi connectivity index (χ0) is 48.6. The summed E-state index contributed by atoms with van der Waals surface area (Å²) in [7, 11) is 0. The van der Waals surface area contributed by atoms with E-state index in [9.17, 15) is 19.2 Å². The largest absolute Gasteiger partial charge is 0.355 e. The third-order valence-corrected chi connectivity index (χ3v) is 13.9. The van der Waals surface area contributed by atoms with E-state index in [0.717, 1.165) is 100 Å². The Morgan fingerprint density at radius 1 is 0.603 bits per heavy atom. The van der Waals surface area contributed by atoms with Gasteiger partial charge < -0.3 is 31.1 Å². The summed E-state index contributed by atoms with van der Waals surface area (Å²) in [4.78, 5) is 54.1. The number of nitrogens with zero attached hydrogens (tertiary/aromatic N) is 2. The van der Waals surface area contributed by atoms with Gasteiger partial charge in [-0.15, -0.1) is 0 Å². The zero-order valence-corrected chi connectivity index (χ0v) is 42.4. The van der Waals surface area contributed by atoms with Crippen LogP contribution in [0.25, 0.3) is 0 Å². The Morgan fingerprint density at radius 3 is 1.35 bits per heavy atom. The summed E-state index contributed by atoms with van der Waals surface area (Å²) < 4.78 is 0. The molecule has 0 unspecified atom stereocenters. The zero-order valence-electron chi connectivity index (χ0n) is 40.9. The van der Waals surface area contributed by atoms with Gasteiger partial charge in [-0.3, -0.25) is 19.2 Å². The van der Waals surface area contributed by atoms with Crippen molar-refractivity contribution in [2.45, 2.75) is 124 Å². The van der Waals surface area contributed by atoms with E-state index in [1.807, 2.05) is 121 Å². The van der Waals surface area contributed by atoms with Gasteiger partial charge in [0.05, 0.1) is 10.8 Å². The maximum atomic E-state index is 12.7. The first-order valence-corrected chi connectivity index (χ1v) is 25.1. The Balaban J connectivity index is 0.000000292. The first-order chi connectivity index (χ1) is 32.0. The number of amides is 4. The van der Waals surface area contributed by atoms with E-state index < -0.39 is 10.8 Å². The number of carbonyl (C=O) groups is 4. The van der Waals surface area contributed by atoms with Gasteiger partial charge in [-0.05, 0) is 188 Å². The van der Waals surface area contributed by atoms with Crippen molar-refractivity contribution in [2.75, 3.05) is 63.0 Å². The summed E-state index contributed by atoms with van der Waals surface area (Å²) >= 11 is 11.9. The fourth-order valence-corrected chi connectivity index (χ4v) is 8.95. The van der Waals surface area contributed by atoms with Crippen LogP contribution in [0.1, 0.15) is 135 Å². The van der Waals surface area contributed by atoms with Gasteiger partial charge in [0.1, 0.15) is 0 Å². The molecule has 0 aromatic heterocycles. The van der Waals surface area contributed by atoms with E-state index in [-0.39, 0.29) is 37.0 Å². The molecule has 0 saturated carbocycles. The van der Waals surface area contributed by atoms with E-state index in [1.54, 1.807) is 0 Å². The van der Waals surface area contributed by atoms with Gasteiger partial charge in [0.25, 0.3) is 0 Å². The lowest BCUT2D eigenvalue weighted by Gasteiger charge is -2.32. The van der Waals surface area contributed by atoms with Crippen molar-refractivity contribution in [3.8, 4) is 0 Å². The van der Waals surface area contributed by atoms with Crippen LogP contribution in [0, 0.1) is 5.92 Å². The number of benzene rings is 4. The summed E-state index contributed by atoms with van der Waals surface area (Å²) in [5, 5.41) is 13.5. The van der Waals surface area contributed by atoms with E-state index in [4.69, 9.17) is 23.2 Å². The van der Waals surface area contributed by atoms with E-state index in [2.05, 4.69) is 55.3 Å². The molecule has 4 aromatic rings. The molecule has 68 heavy (non-hydrogen) atoms. The van der Waals surface area contributed by atoms with Crippen LogP contribution in [0.15, 0.2) is 97.1 Å². The third kappa shape index (κ3) is 16.7. The number of carbonyl (C=O) groups excluding carboxylic acids is 4. The molecule has 6 rings (SSSR count). The molecule has 2 saturated heterocycles. The molecule has 370 valence electrons. The Hall–Kier alpha value is -4.74. The van der Waals surface area contributed by atoms with Gasteiger partial charge in [0, 0.05) is 46.8 Å². The third-order valence-electron chi connectivity index (χ3n) is 13.4. The van der Waals surface area contributed by atoms with Crippen LogP contribution in [0.3, 0.4) is 0 Å².